The topological polar surface area (TPSA) is 49.9 Å². The van der Waals surface area contributed by atoms with Gasteiger partial charge in [0, 0.05) is 19.0 Å². The van der Waals surface area contributed by atoms with Crippen LogP contribution in [0.3, 0.4) is 0 Å². The molecule has 2 heterocycles. The van der Waals surface area contributed by atoms with E-state index in [-0.39, 0.29) is 17.9 Å². The highest BCUT2D eigenvalue weighted by Gasteiger charge is 2.40. The molecule has 1 saturated heterocycles. The molecule has 0 spiro atoms. The predicted molar refractivity (Wildman–Crippen MR) is 76.8 cm³/mol. The summed E-state index contributed by atoms with van der Waals surface area (Å²) in [6.07, 6.45) is 2.14. The van der Waals surface area contributed by atoms with E-state index in [1.54, 1.807) is 6.07 Å². The number of benzene rings is 1. The van der Waals surface area contributed by atoms with Crippen LogP contribution in [0.5, 0.6) is 0 Å². The summed E-state index contributed by atoms with van der Waals surface area (Å²) in [4.78, 5) is 27.8. The fourth-order valence-electron chi connectivity index (χ4n) is 3.23. The number of carbonyl (C=O) groups is 2. The molecule has 2 aliphatic heterocycles. The molecule has 1 aliphatic carbocycles. The standard InChI is InChI=1S/C16H17FN2O3/c17-12-4-3-11-8-18(15(20)10-1-2-10)6-5-13-9-22-16(21)19(13)14(11)7-12/h3-4,7,10,13H,1-2,5-6,8-9H2. The molecule has 0 bridgehead atoms. The van der Waals surface area contributed by atoms with Gasteiger partial charge < -0.3 is 9.64 Å². The van der Waals surface area contributed by atoms with Gasteiger partial charge in [-0.05, 0) is 37.0 Å². The molecule has 1 saturated carbocycles. The molecule has 0 aromatic heterocycles. The van der Waals surface area contributed by atoms with Gasteiger partial charge in [-0.15, -0.1) is 0 Å². The molecule has 4 rings (SSSR count). The van der Waals surface area contributed by atoms with Crippen LogP contribution in [-0.4, -0.2) is 36.1 Å². The largest absolute Gasteiger partial charge is 0.447 e. The van der Waals surface area contributed by atoms with Crippen LogP contribution in [0.1, 0.15) is 24.8 Å². The van der Waals surface area contributed by atoms with Gasteiger partial charge in [-0.2, -0.15) is 0 Å². The molecule has 5 nitrogen and oxygen atoms in total. The Morgan fingerprint density at radius 1 is 1.27 bits per heavy atom. The summed E-state index contributed by atoms with van der Waals surface area (Å²) in [7, 11) is 0. The normalized spacial score (nSPS) is 24.2. The number of cyclic esters (lactones) is 1. The zero-order valence-electron chi connectivity index (χ0n) is 12.1. The maximum Gasteiger partial charge on any atom is 0.414 e. The monoisotopic (exact) mass is 304 g/mol. The van der Waals surface area contributed by atoms with E-state index in [4.69, 9.17) is 4.74 Å². The first-order valence-corrected chi connectivity index (χ1v) is 7.66. The van der Waals surface area contributed by atoms with Crippen molar-refractivity contribution in [1.29, 1.82) is 0 Å². The van der Waals surface area contributed by atoms with Gasteiger partial charge in [0.1, 0.15) is 12.4 Å². The average molecular weight is 304 g/mol. The first-order valence-electron chi connectivity index (χ1n) is 7.66. The molecule has 22 heavy (non-hydrogen) atoms. The minimum absolute atomic E-state index is 0.136. The van der Waals surface area contributed by atoms with Crippen LogP contribution in [0, 0.1) is 11.7 Å². The molecule has 1 aromatic carbocycles. The van der Waals surface area contributed by atoms with Crippen molar-refractivity contribution in [2.45, 2.75) is 31.8 Å². The van der Waals surface area contributed by atoms with Gasteiger partial charge >= 0.3 is 6.09 Å². The Bertz CT molecular complexity index is 644. The van der Waals surface area contributed by atoms with E-state index in [0.29, 0.717) is 31.8 Å². The fraction of sp³-hybridized carbons (Fsp3) is 0.500. The molecule has 0 N–H and O–H groups in total. The quantitative estimate of drug-likeness (QED) is 0.800. The molecule has 0 radical (unpaired) electrons. The number of hydrogen-bond acceptors (Lipinski definition) is 3. The number of nitrogens with zero attached hydrogens (tertiary/aromatic N) is 2. The lowest BCUT2D eigenvalue weighted by Gasteiger charge is -2.32. The van der Waals surface area contributed by atoms with Crippen molar-refractivity contribution in [2.75, 3.05) is 18.1 Å². The molecule has 2 amide bonds. The Morgan fingerprint density at radius 2 is 2.09 bits per heavy atom. The molecule has 2 fully saturated rings. The van der Waals surface area contributed by atoms with E-state index in [1.807, 2.05) is 4.90 Å². The number of amides is 2. The summed E-state index contributed by atoms with van der Waals surface area (Å²) in [5.74, 6) is -0.0623. The maximum atomic E-state index is 13.6. The van der Waals surface area contributed by atoms with E-state index in [1.165, 1.54) is 17.0 Å². The van der Waals surface area contributed by atoms with Gasteiger partial charge in [0.2, 0.25) is 5.91 Å². The summed E-state index contributed by atoms with van der Waals surface area (Å²) in [6, 6.07) is 4.26. The van der Waals surface area contributed by atoms with Crippen molar-refractivity contribution in [2.24, 2.45) is 5.92 Å². The Kier molecular flexibility index (Phi) is 3.06. The predicted octanol–water partition coefficient (Wildman–Crippen LogP) is 2.29. The number of carbonyl (C=O) groups excluding carboxylic acids is 2. The Labute approximate surface area is 127 Å². The van der Waals surface area contributed by atoms with Crippen molar-refractivity contribution in [3.8, 4) is 0 Å². The number of rotatable bonds is 1. The number of anilines is 1. The third-order valence-electron chi connectivity index (χ3n) is 4.60. The average Bonchev–Trinajstić information content (AvgIpc) is 3.26. The fourth-order valence-corrected chi connectivity index (χ4v) is 3.23. The zero-order valence-corrected chi connectivity index (χ0v) is 12.1. The summed E-state index contributed by atoms with van der Waals surface area (Å²) in [6.45, 7) is 1.31. The molecule has 1 atom stereocenters. The number of halogens is 1. The number of fused-ring (bicyclic) bond motifs is 3. The third kappa shape index (κ3) is 2.23. The van der Waals surface area contributed by atoms with E-state index in [9.17, 15) is 14.0 Å². The highest BCUT2D eigenvalue weighted by atomic mass is 19.1. The van der Waals surface area contributed by atoms with Crippen molar-refractivity contribution >= 4 is 17.7 Å². The minimum atomic E-state index is -0.432. The maximum absolute atomic E-state index is 13.6. The minimum Gasteiger partial charge on any atom is -0.447 e. The molecule has 6 heteroatoms. The lowest BCUT2D eigenvalue weighted by molar-refractivity contribution is -0.133. The van der Waals surface area contributed by atoms with Crippen molar-refractivity contribution < 1.29 is 18.7 Å². The zero-order chi connectivity index (χ0) is 15.3. The second kappa shape index (κ2) is 4.97. The first kappa shape index (κ1) is 13.5. The second-order valence-corrected chi connectivity index (χ2v) is 6.20. The lowest BCUT2D eigenvalue weighted by Crippen LogP contribution is -2.42. The SMILES string of the molecule is O=C(C1CC1)N1CCC2COC(=O)N2c2cc(F)ccc2C1. The van der Waals surface area contributed by atoms with Gasteiger partial charge in [-0.25, -0.2) is 9.18 Å². The summed E-state index contributed by atoms with van der Waals surface area (Å²) in [5, 5.41) is 0. The van der Waals surface area contributed by atoms with Crippen LogP contribution in [0.4, 0.5) is 14.9 Å². The van der Waals surface area contributed by atoms with Gasteiger partial charge in [0.15, 0.2) is 0 Å². The Balaban J connectivity index is 1.73. The first-order chi connectivity index (χ1) is 10.6. The van der Waals surface area contributed by atoms with E-state index < -0.39 is 11.9 Å². The van der Waals surface area contributed by atoms with Crippen LogP contribution >= 0.6 is 0 Å². The van der Waals surface area contributed by atoms with Crippen molar-refractivity contribution in [1.82, 2.24) is 4.90 Å². The van der Waals surface area contributed by atoms with E-state index >= 15 is 0 Å². The van der Waals surface area contributed by atoms with Crippen LogP contribution in [0.2, 0.25) is 0 Å². The van der Waals surface area contributed by atoms with E-state index in [2.05, 4.69) is 0 Å². The van der Waals surface area contributed by atoms with Gasteiger partial charge in [0.05, 0.1) is 11.7 Å². The summed E-state index contributed by atoms with van der Waals surface area (Å²) in [5.41, 5.74) is 1.32. The molecule has 3 aliphatic rings. The van der Waals surface area contributed by atoms with Crippen LogP contribution in [0.25, 0.3) is 0 Å². The summed E-state index contributed by atoms with van der Waals surface area (Å²) < 4.78 is 18.8. The van der Waals surface area contributed by atoms with Crippen LogP contribution in [0.15, 0.2) is 18.2 Å². The number of hydrogen-bond donors (Lipinski definition) is 0. The lowest BCUT2D eigenvalue weighted by atomic mass is 10.0. The number of ether oxygens (including phenoxy) is 1. The van der Waals surface area contributed by atoms with Gasteiger partial charge in [-0.1, -0.05) is 6.07 Å². The highest BCUT2D eigenvalue weighted by Crippen LogP contribution is 2.35. The molecular formula is C16H17FN2O3. The second-order valence-electron chi connectivity index (χ2n) is 6.20. The van der Waals surface area contributed by atoms with Crippen molar-refractivity contribution in [3.63, 3.8) is 0 Å². The third-order valence-corrected chi connectivity index (χ3v) is 4.60. The highest BCUT2D eigenvalue weighted by molar-refractivity contribution is 5.91. The molecular weight excluding hydrogens is 287 g/mol. The smallest absolute Gasteiger partial charge is 0.414 e. The van der Waals surface area contributed by atoms with Crippen LogP contribution in [-0.2, 0) is 16.1 Å². The van der Waals surface area contributed by atoms with E-state index in [0.717, 1.165) is 18.4 Å². The van der Waals surface area contributed by atoms with Crippen molar-refractivity contribution in [3.05, 3.63) is 29.6 Å². The van der Waals surface area contributed by atoms with Crippen LogP contribution < -0.4 is 4.90 Å². The van der Waals surface area contributed by atoms with Gasteiger partial charge in [0.25, 0.3) is 0 Å². The molecule has 1 aromatic rings. The Morgan fingerprint density at radius 3 is 2.86 bits per heavy atom. The van der Waals surface area contributed by atoms with Gasteiger partial charge in [-0.3, -0.25) is 9.69 Å². The summed E-state index contributed by atoms with van der Waals surface area (Å²) >= 11 is 0. The molecule has 116 valence electrons. The molecule has 1 unspecified atom stereocenters. The Hall–Kier alpha value is -2.11.